The number of aromatic nitrogens is 2. The van der Waals surface area contributed by atoms with Crippen LogP contribution in [0.3, 0.4) is 0 Å². The van der Waals surface area contributed by atoms with E-state index in [9.17, 15) is 9.90 Å². The van der Waals surface area contributed by atoms with E-state index in [1.165, 1.54) is 6.07 Å². The molecule has 0 aliphatic carbocycles. The van der Waals surface area contributed by atoms with Crippen molar-refractivity contribution in [2.24, 2.45) is 0 Å². The second-order valence-corrected chi connectivity index (χ2v) is 5.61. The van der Waals surface area contributed by atoms with Crippen LogP contribution >= 0.6 is 0 Å². The third-order valence-corrected chi connectivity index (χ3v) is 4.70. The molecule has 0 unspecified atom stereocenters. The molecule has 0 aliphatic rings. The summed E-state index contributed by atoms with van der Waals surface area (Å²) < 4.78 is 2.57. The minimum absolute atomic E-state index is 0.0375. The van der Waals surface area contributed by atoms with Crippen LogP contribution in [0.2, 0.25) is 0 Å². The Labute approximate surface area is 103 Å². The summed E-state index contributed by atoms with van der Waals surface area (Å²) in [6.45, 7) is 0. The van der Waals surface area contributed by atoms with E-state index in [1.807, 2.05) is 18.2 Å². The molecule has 17 heavy (non-hydrogen) atoms. The van der Waals surface area contributed by atoms with Gasteiger partial charge in [-0.05, 0) is 0 Å². The number of nitrogens with zero attached hydrogens (tertiary/aromatic N) is 2. The molecule has 84 valence electrons. The van der Waals surface area contributed by atoms with E-state index >= 15 is 0 Å². The number of hydrogen-bond donors (Lipinski definition) is 1. The summed E-state index contributed by atoms with van der Waals surface area (Å²) in [5.41, 5.74) is -0.0883. The Bertz CT molecular complexity index is 745. The van der Waals surface area contributed by atoms with Gasteiger partial charge in [0.05, 0.1) is 0 Å². The Hall–Kier alpha value is -1.84. The van der Waals surface area contributed by atoms with E-state index in [1.54, 1.807) is 21.9 Å². The first-order valence-electron chi connectivity index (χ1n) is 5.03. The number of benzene rings is 1. The molecule has 4 nitrogen and oxygen atoms in total. The second kappa shape index (κ2) is 3.87. The van der Waals surface area contributed by atoms with Crippen LogP contribution in [0, 0.1) is 0 Å². The van der Waals surface area contributed by atoms with Crippen molar-refractivity contribution >= 4 is 24.4 Å². The molecule has 0 bridgehead atoms. The van der Waals surface area contributed by atoms with Gasteiger partial charge in [0.1, 0.15) is 0 Å². The van der Waals surface area contributed by atoms with Crippen LogP contribution in [0.1, 0.15) is 0 Å². The van der Waals surface area contributed by atoms with Gasteiger partial charge in [0.25, 0.3) is 0 Å². The van der Waals surface area contributed by atoms with Gasteiger partial charge in [0.2, 0.25) is 0 Å². The normalized spacial score (nSPS) is 10.8. The Morgan fingerprint density at radius 1 is 1.18 bits per heavy atom. The first kappa shape index (κ1) is 10.3. The molecule has 0 spiro atoms. The van der Waals surface area contributed by atoms with Crippen molar-refractivity contribution in [3.8, 4) is 11.6 Å². The van der Waals surface area contributed by atoms with Gasteiger partial charge >= 0.3 is 103 Å². The molecule has 2 aromatic heterocycles. The van der Waals surface area contributed by atoms with E-state index in [0.29, 0.717) is 11.2 Å². The topological polar surface area (TPSA) is 55.1 Å². The van der Waals surface area contributed by atoms with Crippen LogP contribution in [0.15, 0.2) is 47.4 Å². The van der Waals surface area contributed by atoms with E-state index in [2.05, 4.69) is 4.98 Å². The number of aromatic hydroxyl groups is 1. The van der Waals surface area contributed by atoms with Gasteiger partial charge in [0, 0.05) is 0 Å². The summed E-state index contributed by atoms with van der Waals surface area (Å²) in [7, 11) is 0. The van der Waals surface area contributed by atoms with Crippen LogP contribution in [0.25, 0.3) is 15.5 Å². The maximum absolute atomic E-state index is 12.1. The second-order valence-electron chi connectivity index (χ2n) is 3.53. The zero-order valence-electron chi connectivity index (χ0n) is 8.70. The van der Waals surface area contributed by atoms with Crippen LogP contribution in [-0.2, 0) is 0 Å². The van der Waals surface area contributed by atoms with Crippen LogP contribution in [-0.4, -0.2) is 28.4 Å². The summed E-state index contributed by atoms with van der Waals surface area (Å²) >= 11 is -0.153. The molecule has 0 amide bonds. The van der Waals surface area contributed by atoms with Crippen molar-refractivity contribution < 1.29 is 5.11 Å². The van der Waals surface area contributed by atoms with E-state index in [4.69, 9.17) is 0 Å². The quantitative estimate of drug-likeness (QED) is 0.684. The molecular weight excluding hydrogens is 283 g/mol. The summed E-state index contributed by atoms with van der Waals surface area (Å²) in [5.74, 6) is 0.379. The van der Waals surface area contributed by atoms with Crippen molar-refractivity contribution in [2.75, 3.05) is 0 Å². The minimum atomic E-state index is -0.153. The van der Waals surface area contributed by atoms with E-state index in [-0.39, 0.29) is 26.0 Å². The fraction of sp³-hybridized carbons (Fsp3) is 0. The molecule has 3 aromatic rings. The zero-order valence-corrected chi connectivity index (χ0v) is 10.4. The van der Waals surface area contributed by atoms with Crippen molar-refractivity contribution in [3.63, 3.8) is 0 Å². The van der Waals surface area contributed by atoms with Gasteiger partial charge in [-0.2, -0.15) is 0 Å². The van der Waals surface area contributed by atoms with Crippen molar-refractivity contribution in [2.45, 2.75) is 0 Å². The zero-order chi connectivity index (χ0) is 11.8. The molecular formula is C12H8N2O2Se. The monoisotopic (exact) mass is 292 g/mol. The number of pyridine rings is 1. The molecule has 0 fully saturated rings. The fourth-order valence-electron chi connectivity index (χ4n) is 1.66. The van der Waals surface area contributed by atoms with Crippen molar-refractivity contribution in [1.29, 1.82) is 0 Å². The fourth-order valence-corrected chi connectivity index (χ4v) is 3.75. The summed E-state index contributed by atoms with van der Waals surface area (Å²) in [5, 5.41) is 10.4. The van der Waals surface area contributed by atoms with Gasteiger partial charge in [-0.3, -0.25) is 0 Å². The molecule has 2 heterocycles. The summed E-state index contributed by atoms with van der Waals surface area (Å²) in [6, 6.07) is 10.7. The number of rotatable bonds is 1. The average molecular weight is 291 g/mol. The summed E-state index contributed by atoms with van der Waals surface area (Å²) in [4.78, 5) is 16.2. The molecule has 3 rings (SSSR count). The van der Waals surface area contributed by atoms with Crippen LogP contribution < -0.4 is 5.56 Å². The van der Waals surface area contributed by atoms with Crippen molar-refractivity contribution in [3.05, 3.63) is 52.9 Å². The molecule has 1 N–H and O–H groups in total. The Balaban J connectivity index is 2.36. The average Bonchev–Trinajstić information content (AvgIpc) is 2.68. The standard InChI is InChI=1S/C12H8N2O2Se/c15-9-5-3-7-13-11(9)14-12(16)8-4-1-2-6-10(8)17-14/h1-7,15H. The third kappa shape index (κ3) is 1.60. The predicted octanol–water partition coefficient (Wildman–Crippen LogP) is 1.15. The van der Waals surface area contributed by atoms with E-state index in [0.717, 1.165) is 4.26 Å². The Morgan fingerprint density at radius 3 is 2.76 bits per heavy atom. The molecule has 0 saturated carbocycles. The molecule has 5 heteroatoms. The number of hydrogen-bond acceptors (Lipinski definition) is 3. The SMILES string of the molecule is O=c1c2ccccc2[se]n1-c1ncccc1O. The molecule has 0 radical (unpaired) electrons. The Morgan fingerprint density at radius 2 is 2.00 bits per heavy atom. The first-order chi connectivity index (χ1) is 8.27. The number of fused-ring (bicyclic) bond motifs is 1. The summed E-state index contributed by atoms with van der Waals surface area (Å²) in [6.07, 6.45) is 1.57. The van der Waals surface area contributed by atoms with Gasteiger partial charge in [0.15, 0.2) is 0 Å². The molecule has 0 atom stereocenters. The Kier molecular flexibility index (Phi) is 2.35. The van der Waals surface area contributed by atoms with Crippen molar-refractivity contribution in [1.82, 2.24) is 8.55 Å². The van der Waals surface area contributed by atoms with E-state index < -0.39 is 0 Å². The van der Waals surface area contributed by atoms with Crippen LogP contribution in [0.5, 0.6) is 5.75 Å². The molecule has 0 saturated heterocycles. The van der Waals surface area contributed by atoms with Gasteiger partial charge < -0.3 is 0 Å². The maximum atomic E-state index is 12.1. The first-order valence-corrected chi connectivity index (χ1v) is 6.65. The third-order valence-electron chi connectivity index (χ3n) is 2.45. The van der Waals surface area contributed by atoms with Gasteiger partial charge in [-0.15, -0.1) is 0 Å². The van der Waals surface area contributed by atoms with Gasteiger partial charge in [-0.1, -0.05) is 0 Å². The molecule has 0 aliphatic heterocycles. The van der Waals surface area contributed by atoms with Crippen LogP contribution in [0.4, 0.5) is 0 Å². The predicted molar refractivity (Wildman–Crippen MR) is 65.9 cm³/mol. The van der Waals surface area contributed by atoms with Gasteiger partial charge in [-0.25, -0.2) is 0 Å². The molecule has 1 aromatic carbocycles.